The summed E-state index contributed by atoms with van der Waals surface area (Å²) in [5.41, 5.74) is 3.92. The van der Waals surface area contributed by atoms with Crippen LogP contribution in [0.2, 0.25) is 0 Å². The van der Waals surface area contributed by atoms with Crippen molar-refractivity contribution in [1.29, 1.82) is 5.26 Å². The Morgan fingerprint density at radius 2 is 1.58 bits per heavy atom. The van der Waals surface area contributed by atoms with Crippen LogP contribution in [0.25, 0.3) is 16.6 Å². The number of para-hydroxylation sites is 2. The van der Waals surface area contributed by atoms with Gasteiger partial charge in [-0.05, 0) is 66.2 Å². The predicted octanol–water partition coefficient (Wildman–Crippen LogP) is 5.80. The first-order valence-corrected chi connectivity index (χ1v) is 12.2. The number of nitrogens with one attached hydrogen (secondary N) is 1. The Hall–Kier alpha value is -4.67. The Morgan fingerprint density at radius 3 is 2.31 bits per heavy atom. The molecule has 1 amide bonds. The van der Waals surface area contributed by atoms with Gasteiger partial charge in [0, 0.05) is 17.0 Å². The number of amides is 1. The highest BCUT2D eigenvalue weighted by Gasteiger charge is 2.14. The molecule has 0 fully saturated rings. The molecule has 0 radical (unpaired) electrons. The summed E-state index contributed by atoms with van der Waals surface area (Å²) in [6, 6.07) is 32.9. The smallest absolute Gasteiger partial charge is 0.266 e. The van der Waals surface area contributed by atoms with Crippen LogP contribution in [-0.4, -0.2) is 15.5 Å². The van der Waals surface area contributed by atoms with E-state index in [2.05, 4.69) is 11.4 Å². The lowest BCUT2D eigenvalue weighted by atomic mass is 10.1. The van der Waals surface area contributed by atoms with Crippen LogP contribution in [0.15, 0.2) is 113 Å². The number of hydrogen-bond acceptors (Lipinski definition) is 5. The molecule has 0 bridgehead atoms. The van der Waals surface area contributed by atoms with Gasteiger partial charge in [0.25, 0.3) is 11.5 Å². The topological polar surface area (TPSA) is 87.8 Å². The highest BCUT2D eigenvalue weighted by atomic mass is 32.2. The van der Waals surface area contributed by atoms with E-state index in [9.17, 15) is 9.59 Å². The maximum Gasteiger partial charge on any atom is 0.266 e. The average Bonchev–Trinajstić information content (AvgIpc) is 2.93. The molecule has 0 aliphatic carbocycles. The van der Waals surface area contributed by atoms with Crippen molar-refractivity contribution >= 4 is 34.3 Å². The van der Waals surface area contributed by atoms with Crippen LogP contribution < -0.4 is 10.9 Å². The van der Waals surface area contributed by atoms with Crippen molar-refractivity contribution in [3.63, 3.8) is 0 Å². The molecule has 0 unspecified atom stereocenters. The number of nitriles is 1. The molecule has 1 aromatic heterocycles. The van der Waals surface area contributed by atoms with Gasteiger partial charge in [0.2, 0.25) is 0 Å². The Labute approximate surface area is 211 Å². The van der Waals surface area contributed by atoms with Crippen molar-refractivity contribution in [2.24, 2.45) is 0 Å². The number of benzene rings is 4. The fourth-order valence-electron chi connectivity index (χ4n) is 3.75. The Balaban J connectivity index is 1.40. The third-order valence-electron chi connectivity index (χ3n) is 5.62. The summed E-state index contributed by atoms with van der Waals surface area (Å²) in [5.74, 6) is 0.382. The van der Waals surface area contributed by atoms with Crippen molar-refractivity contribution in [2.75, 3.05) is 5.32 Å². The number of fused-ring (bicyclic) bond motifs is 1. The zero-order valence-electron chi connectivity index (χ0n) is 19.1. The van der Waals surface area contributed by atoms with E-state index < -0.39 is 0 Å². The molecular formula is C29H20N4O2S. The van der Waals surface area contributed by atoms with Crippen LogP contribution in [0.1, 0.15) is 21.5 Å². The molecule has 0 spiro atoms. The first kappa shape index (κ1) is 23.1. The maximum atomic E-state index is 13.4. The monoisotopic (exact) mass is 488 g/mol. The molecule has 0 saturated carbocycles. The number of aromatic nitrogens is 2. The van der Waals surface area contributed by atoms with Crippen molar-refractivity contribution in [2.45, 2.75) is 10.9 Å². The van der Waals surface area contributed by atoms with Crippen molar-refractivity contribution in [1.82, 2.24) is 9.55 Å². The maximum absolute atomic E-state index is 13.4. The van der Waals surface area contributed by atoms with Crippen molar-refractivity contribution in [3.8, 4) is 11.8 Å². The molecule has 0 aliphatic heterocycles. The van der Waals surface area contributed by atoms with Crippen molar-refractivity contribution < 1.29 is 4.79 Å². The first-order valence-electron chi connectivity index (χ1n) is 11.2. The molecule has 5 rings (SSSR count). The number of anilines is 1. The van der Waals surface area contributed by atoms with E-state index in [-0.39, 0.29) is 11.5 Å². The van der Waals surface area contributed by atoms with Gasteiger partial charge < -0.3 is 5.32 Å². The second kappa shape index (κ2) is 10.3. The quantitative estimate of drug-likeness (QED) is 0.241. The lowest BCUT2D eigenvalue weighted by Crippen LogP contribution is -2.21. The third kappa shape index (κ3) is 4.90. The highest BCUT2D eigenvalue weighted by molar-refractivity contribution is 7.98. The number of carbonyl (C=O) groups is 1. The molecule has 5 aromatic rings. The van der Waals surface area contributed by atoms with Gasteiger partial charge in [0.1, 0.15) is 0 Å². The molecular weight excluding hydrogens is 468 g/mol. The number of rotatable bonds is 6. The minimum atomic E-state index is -0.175. The van der Waals surface area contributed by atoms with Gasteiger partial charge in [-0.15, -0.1) is 0 Å². The summed E-state index contributed by atoms with van der Waals surface area (Å²) in [6.45, 7) is 0. The Kier molecular flexibility index (Phi) is 6.61. The van der Waals surface area contributed by atoms with E-state index in [1.54, 1.807) is 47.0 Å². The summed E-state index contributed by atoms with van der Waals surface area (Å²) >= 11 is 1.44. The number of thioether (sulfide) groups is 1. The predicted molar refractivity (Wildman–Crippen MR) is 142 cm³/mol. The zero-order chi connectivity index (χ0) is 24.9. The summed E-state index contributed by atoms with van der Waals surface area (Å²) < 4.78 is 1.58. The molecule has 1 heterocycles. The first-order chi connectivity index (χ1) is 17.6. The standard InChI is InChI=1S/C29H20N4O2S/c30-18-20-12-16-24(17-13-20)33-28(35)25-8-4-5-9-26(25)32-29(33)36-19-21-10-14-22(15-11-21)27(34)31-23-6-2-1-3-7-23/h1-17H,19H2,(H,31,34). The van der Waals surface area contributed by atoms with Gasteiger partial charge in [-0.1, -0.05) is 54.2 Å². The van der Waals surface area contributed by atoms with Crippen molar-refractivity contribution in [3.05, 3.63) is 130 Å². The minimum Gasteiger partial charge on any atom is -0.322 e. The normalized spacial score (nSPS) is 10.6. The lowest BCUT2D eigenvalue weighted by Gasteiger charge is -2.13. The van der Waals surface area contributed by atoms with E-state index in [1.165, 1.54) is 11.8 Å². The number of hydrogen-bond donors (Lipinski definition) is 1. The van der Waals surface area contributed by atoms with Gasteiger partial charge >= 0.3 is 0 Å². The summed E-state index contributed by atoms with van der Waals surface area (Å²) in [5, 5.41) is 13.1. The van der Waals surface area contributed by atoms with Crippen LogP contribution in [0.5, 0.6) is 0 Å². The van der Waals surface area contributed by atoms with E-state index >= 15 is 0 Å². The zero-order valence-corrected chi connectivity index (χ0v) is 19.9. The average molecular weight is 489 g/mol. The van der Waals surface area contributed by atoms with Crippen LogP contribution in [-0.2, 0) is 5.75 Å². The molecule has 0 atom stereocenters. The fourth-order valence-corrected chi connectivity index (χ4v) is 4.72. The third-order valence-corrected chi connectivity index (χ3v) is 6.62. The summed E-state index contributed by atoms with van der Waals surface area (Å²) in [7, 11) is 0. The Bertz CT molecular complexity index is 1640. The lowest BCUT2D eigenvalue weighted by molar-refractivity contribution is 0.102. The number of nitrogens with zero attached hydrogens (tertiary/aromatic N) is 3. The SMILES string of the molecule is N#Cc1ccc(-n2c(SCc3ccc(C(=O)Nc4ccccc4)cc3)nc3ccccc3c2=O)cc1. The molecule has 0 aliphatic rings. The molecule has 174 valence electrons. The van der Waals surface area contributed by atoms with Gasteiger partial charge in [0.05, 0.1) is 28.2 Å². The van der Waals surface area contributed by atoms with Gasteiger partial charge in [-0.25, -0.2) is 4.98 Å². The minimum absolute atomic E-state index is 0.166. The summed E-state index contributed by atoms with van der Waals surface area (Å²) in [6.07, 6.45) is 0. The molecule has 4 aromatic carbocycles. The highest BCUT2D eigenvalue weighted by Crippen LogP contribution is 2.25. The van der Waals surface area contributed by atoms with Crippen LogP contribution in [0, 0.1) is 11.3 Å². The van der Waals surface area contributed by atoms with E-state index in [0.717, 1.165) is 11.3 Å². The van der Waals surface area contributed by atoms with Crippen LogP contribution in [0.3, 0.4) is 0 Å². The second-order valence-electron chi connectivity index (χ2n) is 8.02. The van der Waals surface area contributed by atoms with Gasteiger partial charge in [-0.2, -0.15) is 5.26 Å². The fraction of sp³-hybridized carbons (Fsp3) is 0.0345. The number of carbonyl (C=O) groups excluding carboxylic acids is 1. The molecule has 7 heteroatoms. The van der Waals surface area contributed by atoms with Gasteiger partial charge in [0.15, 0.2) is 5.16 Å². The van der Waals surface area contributed by atoms with E-state index in [0.29, 0.717) is 38.6 Å². The summed E-state index contributed by atoms with van der Waals surface area (Å²) in [4.78, 5) is 30.7. The Morgan fingerprint density at radius 1 is 0.889 bits per heavy atom. The largest absolute Gasteiger partial charge is 0.322 e. The van der Waals surface area contributed by atoms with E-state index in [1.807, 2.05) is 60.7 Å². The molecule has 0 saturated heterocycles. The van der Waals surface area contributed by atoms with Gasteiger partial charge in [-0.3, -0.25) is 14.2 Å². The molecule has 6 nitrogen and oxygen atoms in total. The molecule has 36 heavy (non-hydrogen) atoms. The molecule has 1 N–H and O–H groups in total. The van der Waals surface area contributed by atoms with Crippen LogP contribution in [0.4, 0.5) is 5.69 Å². The van der Waals surface area contributed by atoms with Crippen LogP contribution >= 0.6 is 11.8 Å². The second-order valence-corrected chi connectivity index (χ2v) is 8.96. The van der Waals surface area contributed by atoms with E-state index in [4.69, 9.17) is 10.2 Å².